The molecule has 0 heterocycles. The van der Waals surface area contributed by atoms with Crippen LogP contribution in [0.3, 0.4) is 0 Å². The summed E-state index contributed by atoms with van der Waals surface area (Å²) in [6, 6.07) is 11.7. The molecule has 0 radical (unpaired) electrons. The number of carbonyl (C=O) groups is 2. The summed E-state index contributed by atoms with van der Waals surface area (Å²) in [7, 11) is 0. The minimum atomic E-state index is -4.42. The minimum Gasteiger partial charge on any atom is -0.326 e. The molecule has 1 aliphatic rings. The van der Waals surface area contributed by atoms with E-state index in [0.29, 0.717) is 6.42 Å². The fourth-order valence-electron chi connectivity index (χ4n) is 3.09. The molecule has 0 aliphatic heterocycles. The predicted octanol–water partition coefficient (Wildman–Crippen LogP) is 5.04. The molecule has 148 valence electrons. The molecule has 2 unspecified atom stereocenters. The van der Waals surface area contributed by atoms with Crippen molar-refractivity contribution in [1.29, 1.82) is 0 Å². The van der Waals surface area contributed by atoms with E-state index in [2.05, 4.69) is 10.6 Å². The van der Waals surface area contributed by atoms with Gasteiger partial charge in [0.25, 0.3) is 0 Å². The molecular weight excluding hydrogens is 369 g/mol. The molecule has 28 heavy (non-hydrogen) atoms. The monoisotopic (exact) mass is 390 g/mol. The number of amides is 2. The Morgan fingerprint density at radius 1 is 0.929 bits per heavy atom. The van der Waals surface area contributed by atoms with E-state index in [4.69, 9.17) is 0 Å². The zero-order chi connectivity index (χ0) is 20.5. The van der Waals surface area contributed by atoms with Crippen LogP contribution >= 0.6 is 0 Å². The summed E-state index contributed by atoms with van der Waals surface area (Å²) in [6.07, 6.45) is -4.00. The van der Waals surface area contributed by atoms with Crippen LogP contribution in [0.4, 0.5) is 24.5 Å². The number of carbonyl (C=O) groups excluding carboxylic acids is 2. The Balaban J connectivity index is 1.58. The first-order valence-electron chi connectivity index (χ1n) is 9.04. The first-order valence-corrected chi connectivity index (χ1v) is 9.04. The normalized spacial score (nSPS) is 18.6. The van der Waals surface area contributed by atoms with Gasteiger partial charge in [-0.3, -0.25) is 9.59 Å². The van der Waals surface area contributed by atoms with Crippen molar-refractivity contribution < 1.29 is 22.8 Å². The van der Waals surface area contributed by atoms with E-state index in [0.717, 1.165) is 23.4 Å². The van der Waals surface area contributed by atoms with Crippen molar-refractivity contribution in [3.8, 4) is 0 Å². The van der Waals surface area contributed by atoms with E-state index in [1.807, 2.05) is 38.1 Å². The van der Waals surface area contributed by atoms with Gasteiger partial charge in [-0.1, -0.05) is 32.0 Å². The fraction of sp³-hybridized carbons (Fsp3) is 0.333. The number of alkyl halides is 3. The van der Waals surface area contributed by atoms with E-state index < -0.39 is 23.6 Å². The van der Waals surface area contributed by atoms with Crippen molar-refractivity contribution >= 4 is 23.2 Å². The second-order valence-corrected chi connectivity index (χ2v) is 7.24. The Morgan fingerprint density at radius 3 is 2.07 bits per heavy atom. The average molecular weight is 390 g/mol. The van der Waals surface area contributed by atoms with Gasteiger partial charge < -0.3 is 10.6 Å². The Bertz CT molecular complexity index is 876. The van der Waals surface area contributed by atoms with Gasteiger partial charge in [0, 0.05) is 11.4 Å². The number of hydrogen-bond donors (Lipinski definition) is 2. The average Bonchev–Trinajstić information content (AvgIpc) is 3.43. The highest BCUT2D eigenvalue weighted by molar-refractivity contribution is 6.03. The van der Waals surface area contributed by atoms with Gasteiger partial charge in [-0.25, -0.2) is 0 Å². The molecule has 1 saturated carbocycles. The molecule has 7 heteroatoms. The number of nitrogens with one attached hydrogen (secondary N) is 2. The second-order valence-electron chi connectivity index (χ2n) is 7.24. The van der Waals surface area contributed by atoms with Gasteiger partial charge >= 0.3 is 6.18 Å². The number of rotatable bonds is 5. The third-order valence-electron chi connectivity index (χ3n) is 4.78. The highest BCUT2D eigenvalue weighted by Crippen LogP contribution is 2.41. The Morgan fingerprint density at radius 2 is 1.50 bits per heavy atom. The van der Waals surface area contributed by atoms with E-state index in [-0.39, 0.29) is 23.4 Å². The van der Waals surface area contributed by atoms with E-state index in [9.17, 15) is 22.8 Å². The van der Waals surface area contributed by atoms with Gasteiger partial charge in [0.1, 0.15) is 0 Å². The number of anilines is 2. The van der Waals surface area contributed by atoms with Crippen LogP contribution < -0.4 is 10.6 Å². The summed E-state index contributed by atoms with van der Waals surface area (Å²) in [5.41, 5.74) is 1.24. The molecule has 2 aromatic carbocycles. The molecular formula is C21H21F3N2O2. The molecule has 4 nitrogen and oxygen atoms in total. The van der Waals surface area contributed by atoms with Crippen molar-refractivity contribution in [2.24, 2.45) is 11.8 Å². The van der Waals surface area contributed by atoms with Crippen molar-refractivity contribution in [3.63, 3.8) is 0 Å². The summed E-state index contributed by atoms with van der Waals surface area (Å²) < 4.78 is 37.8. The van der Waals surface area contributed by atoms with Gasteiger partial charge in [-0.15, -0.1) is 0 Å². The minimum absolute atomic E-state index is 0.222. The Hall–Kier alpha value is -2.83. The Kier molecular flexibility index (Phi) is 5.45. The number of hydrogen-bond acceptors (Lipinski definition) is 2. The van der Waals surface area contributed by atoms with Gasteiger partial charge in [-0.05, 0) is 48.2 Å². The number of benzene rings is 2. The predicted molar refractivity (Wildman–Crippen MR) is 101 cm³/mol. The fourth-order valence-corrected chi connectivity index (χ4v) is 3.09. The van der Waals surface area contributed by atoms with Gasteiger partial charge in [0.2, 0.25) is 11.8 Å². The number of halogens is 3. The lowest BCUT2D eigenvalue weighted by Gasteiger charge is -2.13. The zero-order valence-electron chi connectivity index (χ0n) is 15.5. The quantitative estimate of drug-likeness (QED) is 0.751. The molecule has 2 atom stereocenters. The van der Waals surface area contributed by atoms with Crippen LogP contribution in [0, 0.1) is 11.8 Å². The molecule has 1 aliphatic carbocycles. The smallest absolute Gasteiger partial charge is 0.326 e. The van der Waals surface area contributed by atoms with E-state index in [1.165, 1.54) is 12.1 Å². The van der Waals surface area contributed by atoms with Gasteiger partial charge in [0.05, 0.1) is 17.4 Å². The summed E-state index contributed by atoms with van der Waals surface area (Å²) in [5, 5.41) is 5.46. The molecule has 1 fully saturated rings. The Labute approximate surface area is 161 Å². The lowest BCUT2D eigenvalue weighted by atomic mass is 10.0. The SMILES string of the molecule is CC(C)c1ccccc1NC(=O)C1CC1C(=O)Nc1ccc(C(F)(F)F)cc1. The third kappa shape index (κ3) is 4.52. The van der Waals surface area contributed by atoms with Crippen molar-refractivity contribution in [2.45, 2.75) is 32.4 Å². The van der Waals surface area contributed by atoms with Gasteiger partial charge in [0.15, 0.2) is 0 Å². The molecule has 2 amide bonds. The van der Waals surface area contributed by atoms with E-state index in [1.54, 1.807) is 0 Å². The topological polar surface area (TPSA) is 58.2 Å². The van der Waals surface area contributed by atoms with Crippen LogP contribution in [0.1, 0.15) is 37.3 Å². The third-order valence-corrected chi connectivity index (χ3v) is 4.78. The molecule has 3 rings (SSSR count). The lowest BCUT2D eigenvalue weighted by molar-refractivity contribution is -0.137. The maximum absolute atomic E-state index is 12.6. The summed E-state index contributed by atoms with van der Waals surface area (Å²) in [5.74, 6) is -1.25. The van der Waals surface area contributed by atoms with Crippen molar-refractivity contribution in [2.75, 3.05) is 10.6 Å². The van der Waals surface area contributed by atoms with Crippen LogP contribution in [-0.2, 0) is 15.8 Å². The highest BCUT2D eigenvalue weighted by atomic mass is 19.4. The summed E-state index contributed by atoms with van der Waals surface area (Å²) >= 11 is 0. The van der Waals surface area contributed by atoms with Crippen LogP contribution in [0.5, 0.6) is 0 Å². The number of para-hydroxylation sites is 1. The van der Waals surface area contributed by atoms with Crippen LogP contribution in [0.15, 0.2) is 48.5 Å². The van der Waals surface area contributed by atoms with Crippen molar-refractivity contribution in [1.82, 2.24) is 0 Å². The summed E-state index contributed by atoms with van der Waals surface area (Å²) in [6.45, 7) is 4.06. The first-order chi connectivity index (χ1) is 13.2. The first kappa shape index (κ1) is 19.9. The zero-order valence-corrected chi connectivity index (χ0v) is 15.5. The molecule has 2 N–H and O–H groups in total. The second kappa shape index (κ2) is 7.66. The lowest BCUT2D eigenvalue weighted by Crippen LogP contribution is -2.21. The van der Waals surface area contributed by atoms with Crippen LogP contribution in [0.2, 0.25) is 0 Å². The van der Waals surface area contributed by atoms with Gasteiger partial charge in [-0.2, -0.15) is 13.2 Å². The maximum Gasteiger partial charge on any atom is 0.416 e. The maximum atomic E-state index is 12.6. The molecule has 0 bridgehead atoms. The largest absolute Gasteiger partial charge is 0.416 e. The summed E-state index contributed by atoms with van der Waals surface area (Å²) in [4.78, 5) is 24.7. The molecule has 0 aromatic heterocycles. The van der Waals surface area contributed by atoms with Crippen LogP contribution in [0.25, 0.3) is 0 Å². The van der Waals surface area contributed by atoms with Crippen LogP contribution in [-0.4, -0.2) is 11.8 Å². The van der Waals surface area contributed by atoms with E-state index >= 15 is 0 Å². The highest BCUT2D eigenvalue weighted by Gasteiger charge is 2.48. The molecule has 0 saturated heterocycles. The molecule has 0 spiro atoms. The standard InChI is InChI=1S/C21H21F3N2O2/c1-12(2)15-5-3-4-6-18(15)26-20(28)17-11-16(17)19(27)25-14-9-7-13(8-10-14)21(22,23)24/h3-10,12,16-17H,11H2,1-2H3,(H,25,27)(H,26,28). The molecule has 2 aromatic rings. The van der Waals surface area contributed by atoms with Crippen molar-refractivity contribution in [3.05, 3.63) is 59.7 Å².